The van der Waals surface area contributed by atoms with Crippen LogP contribution in [0.3, 0.4) is 0 Å². The average molecular weight is 269 g/mol. The minimum absolute atomic E-state index is 0.199. The van der Waals surface area contributed by atoms with Crippen LogP contribution in [0.4, 0.5) is 0 Å². The van der Waals surface area contributed by atoms with Gasteiger partial charge in [-0.25, -0.2) is 0 Å². The molecule has 0 aromatic heterocycles. The monoisotopic (exact) mass is 269 g/mol. The van der Waals surface area contributed by atoms with Crippen molar-refractivity contribution in [3.63, 3.8) is 0 Å². The standard InChI is InChI=1S/C16H31NO2/c1-15(2,3)17-12-16(9-11-18-13-16)8-4-6-14-7-5-10-19-14/h14,17H,4-13H2,1-3H3. The summed E-state index contributed by atoms with van der Waals surface area (Å²) in [6.07, 6.45) is 8.05. The van der Waals surface area contributed by atoms with Crippen LogP contribution >= 0.6 is 0 Å². The molecule has 3 nitrogen and oxygen atoms in total. The van der Waals surface area contributed by atoms with Gasteiger partial charge in [-0.3, -0.25) is 0 Å². The molecule has 0 aromatic carbocycles. The number of ether oxygens (including phenoxy) is 2. The molecule has 0 bridgehead atoms. The molecule has 2 atom stereocenters. The number of nitrogens with one attached hydrogen (secondary N) is 1. The molecule has 112 valence electrons. The second kappa shape index (κ2) is 6.55. The normalized spacial score (nSPS) is 32.1. The molecule has 2 saturated heterocycles. The summed E-state index contributed by atoms with van der Waals surface area (Å²) in [4.78, 5) is 0. The molecule has 19 heavy (non-hydrogen) atoms. The van der Waals surface area contributed by atoms with Crippen LogP contribution in [-0.2, 0) is 9.47 Å². The van der Waals surface area contributed by atoms with Gasteiger partial charge >= 0.3 is 0 Å². The Balaban J connectivity index is 1.74. The zero-order chi connectivity index (χ0) is 13.8. The van der Waals surface area contributed by atoms with Crippen molar-refractivity contribution in [1.29, 1.82) is 0 Å². The predicted octanol–water partition coefficient (Wildman–Crippen LogP) is 3.13. The van der Waals surface area contributed by atoms with Crippen LogP contribution in [0.1, 0.15) is 59.3 Å². The van der Waals surface area contributed by atoms with E-state index in [1.165, 1.54) is 38.5 Å². The third-order valence-corrected chi connectivity index (χ3v) is 4.44. The molecule has 0 aliphatic carbocycles. The lowest BCUT2D eigenvalue weighted by atomic mass is 9.81. The summed E-state index contributed by atoms with van der Waals surface area (Å²) < 4.78 is 11.4. The highest BCUT2D eigenvalue weighted by Crippen LogP contribution is 2.35. The van der Waals surface area contributed by atoms with Gasteiger partial charge in [-0.2, -0.15) is 0 Å². The third-order valence-electron chi connectivity index (χ3n) is 4.44. The first kappa shape index (κ1) is 15.3. The number of hydrogen-bond acceptors (Lipinski definition) is 3. The fourth-order valence-electron chi connectivity index (χ4n) is 3.10. The minimum Gasteiger partial charge on any atom is -0.381 e. The Morgan fingerprint density at radius 3 is 2.68 bits per heavy atom. The lowest BCUT2D eigenvalue weighted by Gasteiger charge is -2.32. The highest BCUT2D eigenvalue weighted by atomic mass is 16.5. The Hall–Kier alpha value is -0.120. The fourth-order valence-corrected chi connectivity index (χ4v) is 3.10. The highest BCUT2D eigenvalue weighted by molar-refractivity contribution is 4.88. The molecule has 0 radical (unpaired) electrons. The Morgan fingerprint density at radius 1 is 1.26 bits per heavy atom. The third kappa shape index (κ3) is 5.05. The first-order chi connectivity index (χ1) is 8.99. The summed E-state index contributed by atoms with van der Waals surface area (Å²) in [6, 6.07) is 0. The van der Waals surface area contributed by atoms with Crippen LogP contribution in [0.25, 0.3) is 0 Å². The molecule has 2 unspecified atom stereocenters. The smallest absolute Gasteiger partial charge is 0.0576 e. The van der Waals surface area contributed by atoms with E-state index < -0.39 is 0 Å². The van der Waals surface area contributed by atoms with E-state index in [0.29, 0.717) is 11.5 Å². The first-order valence-electron chi connectivity index (χ1n) is 7.94. The summed E-state index contributed by atoms with van der Waals surface area (Å²) in [5, 5.41) is 3.67. The van der Waals surface area contributed by atoms with Crippen LogP contribution in [0.5, 0.6) is 0 Å². The van der Waals surface area contributed by atoms with E-state index >= 15 is 0 Å². The summed E-state index contributed by atoms with van der Waals surface area (Å²) in [6.45, 7) is 10.6. The van der Waals surface area contributed by atoms with Crippen LogP contribution < -0.4 is 5.32 Å². The molecule has 2 fully saturated rings. The molecule has 0 saturated carbocycles. The van der Waals surface area contributed by atoms with Crippen molar-refractivity contribution in [1.82, 2.24) is 5.32 Å². The molecular weight excluding hydrogens is 238 g/mol. The average Bonchev–Trinajstić information content (AvgIpc) is 2.97. The van der Waals surface area contributed by atoms with Crippen molar-refractivity contribution in [2.75, 3.05) is 26.4 Å². The van der Waals surface area contributed by atoms with Crippen LogP contribution in [0.15, 0.2) is 0 Å². The Labute approximate surface area is 118 Å². The zero-order valence-corrected chi connectivity index (χ0v) is 13.0. The Kier molecular flexibility index (Phi) is 5.27. The molecule has 2 aliphatic rings. The topological polar surface area (TPSA) is 30.5 Å². The molecule has 1 N–H and O–H groups in total. The maximum Gasteiger partial charge on any atom is 0.0576 e. The molecule has 2 heterocycles. The summed E-state index contributed by atoms with van der Waals surface area (Å²) in [7, 11) is 0. The molecule has 2 aliphatic heterocycles. The Bertz CT molecular complexity index is 260. The van der Waals surface area contributed by atoms with Gasteiger partial charge in [0, 0.05) is 30.7 Å². The van der Waals surface area contributed by atoms with E-state index in [9.17, 15) is 0 Å². The van der Waals surface area contributed by atoms with Gasteiger partial charge in [0.15, 0.2) is 0 Å². The molecule has 3 heteroatoms. The van der Waals surface area contributed by atoms with Gasteiger partial charge < -0.3 is 14.8 Å². The van der Waals surface area contributed by atoms with Crippen molar-refractivity contribution in [2.45, 2.75) is 70.9 Å². The SMILES string of the molecule is CC(C)(C)NCC1(CCCC2CCCO2)CCOC1. The highest BCUT2D eigenvalue weighted by Gasteiger charge is 2.35. The lowest BCUT2D eigenvalue weighted by molar-refractivity contribution is 0.0927. The summed E-state index contributed by atoms with van der Waals surface area (Å²) >= 11 is 0. The predicted molar refractivity (Wildman–Crippen MR) is 78.4 cm³/mol. The molecular formula is C16H31NO2. The maximum absolute atomic E-state index is 5.72. The van der Waals surface area contributed by atoms with Gasteiger partial charge in [0.05, 0.1) is 12.7 Å². The second-order valence-electron chi connectivity index (χ2n) is 7.43. The second-order valence-corrected chi connectivity index (χ2v) is 7.43. The summed E-state index contributed by atoms with van der Waals surface area (Å²) in [5.41, 5.74) is 0.566. The van der Waals surface area contributed by atoms with Crippen molar-refractivity contribution in [2.24, 2.45) is 5.41 Å². The van der Waals surface area contributed by atoms with Crippen LogP contribution in [0, 0.1) is 5.41 Å². The lowest BCUT2D eigenvalue weighted by Crippen LogP contribution is -2.44. The van der Waals surface area contributed by atoms with Gasteiger partial charge in [0.25, 0.3) is 0 Å². The summed E-state index contributed by atoms with van der Waals surface area (Å²) in [5.74, 6) is 0. The van der Waals surface area contributed by atoms with E-state index in [1.54, 1.807) is 0 Å². The maximum atomic E-state index is 5.72. The quantitative estimate of drug-likeness (QED) is 0.803. The largest absolute Gasteiger partial charge is 0.381 e. The molecule has 2 rings (SSSR count). The van der Waals surface area contributed by atoms with Gasteiger partial charge in [-0.15, -0.1) is 0 Å². The first-order valence-corrected chi connectivity index (χ1v) is 7.94. The van der Waals surface area contributed by atoms with Crippen molar-refractivity contribution >= 4 is 0 Å². The van der Waals surface area contributed by atoms with Gasteiger partial charge in [0.1, 0.15) is 0 Å². The van der Waals surface area contributed by atoms with Gasteiger partial charge in [-0.1, -0.05) is 6.42 Å². The van der Waals surface area contributed by atoms with Crippen LogP contribution in [-0.4, -0.2) is 38.0 Å². The molecule has 0 amide bonds. The number of rotatable bonds is 6. The van der Waals surface area contributed by atoms with E-state index in [0.717, 1.165) is 26.4 Å². The van der Waals surface area contributed by atoms with Gasteiger partial charge in [-0.05, 0) is 52.9 Å². The molecule has 0 aromatic rings. The van der Waals surface area contributed by atoms with E-state index in [2.05, 4.69) is 26.1 Å². The van der Waals surface area contributed by atoms with Crippen molar-refractivity contribution < 1.29 is 9.47 Å². The number of hydrogen-bond donors (Lipinski definition) is 1. The minimum atomic E-state index is 0.199. The van der Waals surface area contributed by atoms with Crippen LogP contribution in [0.2, 0.25) is 0 Å². The van der Waals surface area contributed by atoms with E-state index in [1.807, 2.05) is 0 Å². The van der Waals surface area contributed by atoms with E-state index in [-0.39, 0.29) is 5.54 Å². The van der Waals surface area contributed by atoms with Gasteiger partial charge in [0.2, 0.25) is 0 Å². The zero-order valence-electron chi connectivity index (χ0n) is 13.0. The fraction of sp³-hybridized carbons (Fsp3) is 1.00. The Morgan fingerprint density at radius 2 is 2.11 bits per heavy atom. The van der Waals surface area contributed by atoms with E-state index in [4.69, 9.17) is 9.47 Å². The van der Waals surface area contributed by atoms with Crippen molar-refractivity contribution in [3.05, 3.63) is 0 Å². The van der Waals surface area contributed by atoms with Crippen molar-refractivity contribution in [3.8, 4) is 0 Å². The molecule has 0 spiro atoms.